The van der Waals surface area contributed by atoms with Crippen LogP contribution in [0.15, 0.2) is 23.8 Å². The standard InChI is InChI=1S/C13H20O/c14-13(11-7-3-1-4-8-11)12-9-5-2-6-10-12/h1,3,9,11,13-14H,2,4-8,10H2. The Bertz CT molecular complexity index is 240. The summed E-state index contributed by atoms with van der Waals surface area (Å²) in [5, 5.41) is 10.2. The quantitative estimate of drug-likeness (QED) is 0.666. The summed E-state index contributed by atoms with van der Waals surface area (Å²) in [6, 6.07) is 0. The first-order valence-corrected chi connectivity index (χ1v) is 5.90. The highest BCUT2D eigenvalue weighted by Crippen LogP contribution is 2.30. The van der Waals surface area contributed by atoms with Gasteiger partial charge in [-0.05, 0) is 56.4 Å². The van der Waals surface area contributed by atoms with Crippen LogP contribution in [0.25, 0.3) is 0 Å². The van der Waals surface area contributed by atoms with Gasteiger partial charge in [-0.15, -0.1) is 0 Å². The van der Waals surface area contributed by atoms with Crippen molar-refractivity contribution in [3.8, 4) is 0 Å². The third-order valence-corrected chi connectivity index (χ3v) is 3.46. The monoisotopic (exact) mass is 192 g/mol. The van der Waals surface area contributed by atoms with Crippen molar-refractivity contribution in [2.75, 3.05) is 0 Å². The van der Waals surface area contributed by atoms with E-state index in [2.05, 4.69) is 18.2 Å². The van der Waals surface area contributed by atoms with Crippen molar-refractivity contribution < 1.29 is 5.11 Å². The van der Waals surface area contributed by atoms with Gasteiger partial charge >= 0.3 is 0 Å². The minimum absolute atomic E-state index is 0.153. The van der Waals surface area contributed by atoms with E-state index in [-0.39, 0.29) is 6.10 Å². The fourth-order valence-corrected chi connectivity index (χ4v) is 2.54. The molecule has 78 valence electrons. The third-order valence-electron chi connectivity index (χ3n) is 3.46. The lowest BCUT2D eigenvalue weighted by molar-refractivity contribution is 0.129. The van der Waals surface area contributed by atoms with E-state index in [0.29, 0.717) is 5.92 Å². The van der Waals surface area contributed by atoms with Crippen LogP contribution in [-0.2, 0) is 0 Å². The summed E-state index contributed by atoms with van der Waals surface area (Å²) in [7, 11) is 0. The fraction of sp³-hybridized carbons (Fsp3) is 0.692. The van der Waals surface area contributed by atoms with Gasteiger partial charge in [-0.2, -0.15) is 0 Å². The average molecular weight is 192 g/mol. The minimum Gasteiger partial charge on any atom is -0.388 e. The first kappa shape index (κ1) is 9.97. The molecule has 0 heterocycles. The first-order chi connectivity index (χ1) is 6.88. The predicted octanol–water partition coefficient (Wildman–Crippen LogP) is 3.20. The Morgan fingerprint density at radius 3 is 2.79 bits per heavy atom. The maximum atomic E-state index is 10.2. The summed E-state index contributed by atoms with van der Waals surface area (Å²) < 4.78 is 0. The summed E-state index contributed by atoms with van der Waals surface area (Å²) in [5.41, 5.74) is 1.32. The van der Waals surface area contributed by atoms with Crippen LogP contribution in [0.4, 0.5) is 0 Å². The van der Waals surface area contributed by atoms with E-state index >= 15 is 0 Å². The number of rotatable bonds is 2. The zero-order valence-corrected chi connectivity index (χ0v) is 8.78. The van der Waals surface area contributed by atoms with E-state index in [1.54, 1.807) is 0 Å². The zero-order chi connectivity index (χ0) is 9.80. The van der Waals surface area contributed by atoms with Crippen LogP contribution < -0.4 is 0 Å². The van der Waals surface area contributed by atoms with Gasteiger partial charge < -0.3 is 5.11 Å². The largest absolute Gasteiger partial charge is 0.388 e. The van der Waals surface area contributed by atoms with Crippen molar-refractivity contribution in [3.63, 3.8) is 0 Å². The molecular formula is C13H20O. The molecule has 0 aromatic heterocycles. The van der Waals surface area contributed by atoms with E-state index in [1.165, 1.54) is 24.8 Å². The summed E-state index contributed by atoms with van der Waals surface area (Å²) in [4.78, 5) is 0. The summed E-state index contributed by atoms with van der Waals surface area (Å²) in [6.45, 7) is 0. The molecule has 0 radical (unpaired) electrons. The second kappa shape index (κ2) is 4.79. The van der Waals surface area contributed by atoms with Crippen molar-refractivity contribution in [1.29, 1.82) is 0 Å². The summed E-state index contributed by atoms with van der Waals surface area (Å²) in [5.74, 6) is 0.490. The Balaban J connectivity index is 1.95. The predicted molar refractivity (Wildman–Crippen MR) is 59.0 cm³/mol. The molecule has 0 fully saturated rings. The van der Waals surface area contributed by atoms with Crippen LogP contribution in [0.1, 0.15) is 44.9 Å². The fourth-order valence-electron chi connectivity index (χ4n) is 2.54. The minimum atomic E-state index is -0.153. The molecule has 2 aliphatic carbocycles. The normalized spacial score (nSPS) is 29.8. The highest BCUT2D eigenvalue weighted by molar-refractivity contribution is 5.13. The Morgan fingerprint density at radius 1 is 1.21 bits per heavy atom. The van der Waals surface area contributed by atoms with E-state index < -0.39 is 0 Å². The number of allylic oxidation sites excluding steroid dienone is 3. The molecule has 2 atom stereocenters. The lowest BCUT2D eigenvalue weighted by atomic mass is 9.82. The topological polar surface area (TPSA) is 20.2 Å². The van der Waals surface area contributed by atoms with Crippen molar-refractivity contribution in [3.05, 3.63) is 23.8 Å². The van der Waals surface area contributed by atoms with E-state index in [1.807, 2.05) is 0 Å². The second-order valence-corrected chi connectivity index (χ2v) is 4.51. The smallest absolute Gasteiger partial charge is 0.0781 e. The number of aliphatic hydroxyl groups is 1. The van der Waals surface area contributed by atoms with Gasteiger partial charge in [0.25, 0.3) is 0 Å². The molecule has 0 saturated carbocycles. The molecule has 0 aromatic carbocycles. The van der Waals surface area contributed by atoms with Crippen molar-refractivity contribution in [2.24, 2.45) is 5.92 Å². The van der Waals surface area contributed by atoms with Gasteiger partial charge in [0, 0.05) is 0 Å². The van der Waals surface area contributed by atoms with E-state index in [9.17, 15) is 5.11 Å². The molecule has 2 aliphatic rings. The molecule has 0 bridgehead atoms. The molecule has 0 amide bonds. The van der Waals surface area contributed by atoms with Gasteiger partial charge in [-0.1, -0.05) is 18.2 Å². The molecule has 1 heteroatoms. The molecule has 0 aliphatic heterocycles. The molecule has 1 nitrogen and oxygen atoms in total. The number of hydrogen-bond acceptors (Lipinski definition) is 1. The highest BCUT2D eigenvalue weighted by Gasteiger charge is 2.23. The number of aliphatic hydroxyl groups excluding tert-OH is 1. The zero-order valence-electron chi connectivity index (χ0n) is 8.78. The van der Waals surface area contributed by atoms with Gasteiger partial charge in [0.2, 0.25) is 0 Å². The Hall–Kier alpha value is -0.560. The Morgan fingerprint density at radius 2 is 2.14 bits per heavy atom. The molecule has 0 aromatic rings. The molecular weight excluding hydrogens is 172 g/mol. The second-order valence-electron chi connectivity index (χ2n) is 4.51. The van der Waals surface area contributed by atoms with Crippen molar-refractivity contribution in [1.82, 2.24) is 0 Å². The summed E-state index contributed by atoms with van der Waals surface area (Å²) in [6.07, 6.45) is 14.8. The maximum Gasteiger partial charge on any atom is 0.0781 e. The van der Waals surface area contributed by atoms with Crippen LogP contribution in [0.5, 0.6) is 0 Å². The first-order valence-electron chi connectivity index (χ1n) is 5.90. The van der Waals surface area contributed by atoms with Crippen molar-refractivity contribution >= 4 is 0 Å². The Kier molecular flexibility index (Phi) is 3.41. The lowest BCUT2D eigenvalue weighted by Crippen LogP contribution is -2.24. The van der Waals surface area contributed by atoms with E-state index in [0.717, 1.165) is 25.7 Å². The van der Waals surface area contributed by atoms with Crippen LogP contribution in [0, 0.1) is 5.92 Å². The molecule has 2 unspecified atom stereocenters. The van der Waals surface area contributed by atoms with Crippen LogP contribution >= 0.6 is 0 Å². The molecule has 2 rings (SSSR count). The van der Waals surface area contributed by atoms with Gasteiger partial charge in [0.05, 0.1) is 6.10 Å². The van der Waals surface area contributed by atoms with Crippen LogP contribution in [0.2, 0.25) is 0 Å². The van der Waals surface area contributed by atoms with Gasteiger partial charge in [-0.25, -0.2) is 0 Å². The van der Waals surface area contributed by atoms with Crippen molar-refractivity contribution in [2.45, 2.75) is 51.0 Å². The van der Waals surface area contributed by atoms with Crippen LogP contribution in [-0.4, -0.2) is 11.2 Å². The van der Waals surface area contributed by atoms with Gasteiger partial charge in [0.1, 0.15) is 0 Å². The van der Waals surface area contributed by atoms with Gasteiger partial charge in [-0.3, -0.25) is 0 Å². The molecule has 14 heavy (non-hydrogen) atoms. The molecule has 1 N–H and O–H groups in total. The van der Waals surface area contributed by atoms with Crippen LogP contribution in [0.3, 0.4) is 0 Å². The maximum absolute atomic E-state index is 10.2. The molecule has 0 spiro atoms. The average Bonchev–Trinajstić information content (AvgIpc) is 2.30. The lowest BCUT2D eigenvalue weighted by Gasteiger charge is -2.27. The van der Waals surface area contributed by atoms with Gasteiger partial charge in [0.15, 0.2) is 0 Å². The molecule has 0 saturated heterocycles. The summed E-state index contributed by atoms with van der Waals surface area (Å²) >= 11 is 0. The number of hydrogen-bond donors (Lipinski definition) is 1. The highest BCUT2D eigenvalue weighted by atomic mass is 16.3. The Labute approximate surface area is 86.5 Å². The third kappa shape index (κ3) is 2.27. The van der Waals surface area contributed by atoms with E-state index in [4.69, 9.17) is 0 Å². The SMILES string of the molecule is OC(C1=CCCCC1)C1CC=CCC1.